The Morgan fingerprint density at radius 1 is 0.958 bits per heavy atom. The quantitative estimate of drug-likeness (QED) is 0.548. The number of halogens is 3. The van der Waals surface area contributed by atoms with Gasteiger partial charge in [-0.3, -0.25) is 0 Å². The van der Waals surface area contributed by atoms with Crippen LogP contribution >= 0.6 is 0 Å². The highest BCUT2D eigenvalue weighted by Gasteiger charge is 2.31. The maximum atomic E-state index is 13.1. The van der Waals surface area contributed by atoms with E-state index in [1.165, 1.54) is 6.21 Å². The number of hydrogen-bond acceptors (Lipinski definition) is 2. The van der Waals surface area contributed by atoms with E-state index in [4.69, 9.17) is 0 Å². The average molecular weight is 353 g/mol. The fraction of sp³-hybridized carbons (Fsp3) is 0.278. The Morgan fingerprint density at radius 2 is 1.58 bits per heavy atom. The molecule has 0 aliphatic heterocycles. The summed E-state index contributed by atoms with van der Waals surface area (Å²) in [6.07, 6.45) is -3.22. The summed E-state index contributed by atoms with van der Waals surface area (Å²) in [5, 5.41) is 0. The SMILES string of the molecule is CC(C)(C)[S+]([O-])N=Cc1cc(-c2ccccc2)cc(C(F)(F)F)c1. The van der Waals surface area contributed by atoms with Crippen molar-refractivity contribution in [2.24, 2.45) is 4.40 Å². The lowest BCUT2D eigenvalue weighted by atomic mass is 10.00. The summed E-state index contributed by atoms with van der Waals surface area (Å²) in [6.45, 7) is 5.26. The first-order valence-corrected chi connectivity index (χ1v) is 8.42. The van der Waals surface area contributed by atoms with Gasteiger partial charge in [-0.1, -0.05) is 34.7 Å². The predicted octanol–water partition coefficient (Wildman–Crippen LogP) is 5.25. The molecule has 0 heterocycles. The van der Waals surface area contributed by atoms with Gasteiger partial charge in [-0.2, -0.15) is 13.2 Å². The van der Waals surface area contributed by atoms with Crippen molar-refractivity contribution in [2.75, 3.05) is 0 Å². The highest BCUT2D eigenvalue weighted by Crippen LogP contribution is 2.33. The molecule has 0 N–H and O–H groups in total. The van der Waals surface area contributed by atoms with Crippen LogP contribution in [0.1, 0.15) is 31.9 Å². The molecule has 0 amide bonds. The van der Waals surface area contributed by atoms with E-state index < -0.39 is 27.8 Å². The van der Waals surface area contributed by atoms with Gasteiger partial charge in [0, 0.05) is 0 Å². The third-order valence-corrected chi connectivity index (χ3v) is 4.56. The Bertz CT molecular complexity index is 721. The van der Waals surface area contributed by atoms with Gasteiger partial charge >= 0.3 is 6.18 Å². The van der Waals surface area contributed by atoms with Gasteiger partial charge in [-0.05, 0) is 55.7 Å². The van der Waals surface area contributed by atoms with Crippen molar-refractivity contribution in [3.05, 3.63) is 59.7 Å². The first kappa shape index (κ1) is 18.5. The second kappa shape index (κ2) is 6.99. The molecular formula is C18H18F3NOS. The van der Waals surface area contributed by atoms with Crippen LogP contribution in [0.15, 0.2) is 52.9 Å². The van der Waals surface area contributed by atoms with Gasteiger partial charge in [-0.25, -0.2) is 0 Å². The minimum atomic E-state index is -4.46. The molecule has 0 saturated carbocycles. The van der Waals surface area contributed by atoms with Crippen LogP contribution in [-0.2, 0) is 17.5 Å². The zero-order valence-electron chi connectivity index (χ0n) is 13.6. The lowest BCUT2D eigenvalue weighted by Crippen LogP contribution is -2.25. The van der Waals surface area contributed by atoms with Gasteiger partial charge in [0.1, 0.15) is 16.1 Å². The molecule has 1 atom stereocenters. The summed E-state index contributed by atoms with van der Waals surface area (Å²) in [5.74, 6) is 0. The molecule has 128 valence electrons. The topological polar surface area (TPSA) is 35.4 Å². The maximum absolute atomic E-state index is 13.1. The first-order valence-electron chi connectivity index (χ1n) is 7.31. The average Bonchev–Trinajstić information content (AvgIpc) is 2.51. The Hall–Kier alpha value is -1.79. The molecule has 0 spiro atoms. The number of nitrogens with zero attached hydrogens (tertiary/aromatic N) is 1. The number of alkyl halides is 3. The normalized spacial score (nSPS) is 14.1. The molecule has 0 radical (unpaired) electrons. The molecule has 0 aliphatic carbocycles. The molecule has 0 fully saturated rings. The van der Waals surface area contributed by atoms with Crippen LogP contribution in [0.4, 0.5) is 13.2 Å². The lowest BCUT2D eigenvalue weighted by Gasteiger charge is -2.17. The minimum absolute atomic E-state index is 0.265. The van der Waals surface area contributed by atoms with Crippen LogP contribution in [0.5, 0.6) is 0 Å². The van der Waals surface area contributed by atoms with Crippen molar-refractivity contribution in [3.63, 3.8) is 0 Å². The molecule has 0 aromatic heterocycles. The van der Waals surface area contributed by atoms with Crippen LogP contribution in [-0.4, -0.2) is 15.5 Å². The van der Waals surface area contributed by atoms with Crippen LogP contribution in [0.25, 0.3) is 11.1 Å². The molecule has 2 nitrogen and oxygen atoms in total. The molecule has 0 bridgehead atoms. The fourth-order valence-electron chi connectivity index (χ4n) is 1.95. The Balaban J connectivity index is 2.46. The van der Waals surface area contributed by atoms with Crippen molar-refractivity contribution < 1.29 is 17.7 Å². The second-order valence-corrected chi connectivity index (χ2v) is 8.24. The van der Waals surface area contributed by atoms with Gasteiger partial charge in [0.05, 0.1) is 11.8 Å². The molecule has 2 aromatic carbocycles. The Labute approximate surface area is 142 Å². The number of rotatable bonds is 3. The van der Waals surface area contributed by atoms with Crippen molar-refractivity contribution in [2.45, 2.75) is 31.7 Å². The molecule has 24 heavy (non-hydrogen) atoms. The van der Waals surface area contributed by atoms with E-state index in [0.717, 1.165) is 12.1 Å². The predicted molar refractivity (Wildman–Crippen MR) is 92.4 cm³/mol. The van der Waals surface area contributed by atoms with Gasteiger partial charge in [-0.15, -0.1) is 0 Å². The van der Waals surface area contributed by atoms with Crippen LogP contribution in [0.3, 0.4) is 0 Å². The molecule has 0 aliphatic rings. The summed E-state index contributed by atoms with van der Waals surface area (Å²) in [7, 11) is 0. The lowest BCUT2D eigenvalue weighted by molar-refractivity contribution is -0.137. The smallest absolute Gasteiger partial charge is 0.416 e. The van der Waals surface area contributed by atoms with Crippen molar-refractivity contribution in [3.8, 4) is 11.1 Å². The standard InChI is InChI=1S/C18H18F3NOS/c1-17(2,3)24(23)22-12-13-9-15(14-7-5-4-6-8-14)11-16(10-13)18(19,20)21/h4-12H,1-3H3. The molecule has 1 unspecified atom stereocenters. The van der Waals surface area contributed by atoms with Crippen molar-refractivity contribution in [1.82, 2.24) is 0 Å². The van der Waals surface area contributed by atoms with Crippen molar-refractivity contribution >= 4 is 17.6 Å². The van der Waals surface area contributed by atoms with E-state index in [2.05, 4.69) is 4.40 Å². The highest BCUT2D eigenvalue weighted by molar-refractivity contribution is 7.91. The molecule has 0 saturated heterocycles. The zero-order valence-corrected chi connectivity index (χ0v) is 14.4. The van der Waals surface area contributed by atoms with Crippen LogP contribution in [0.2, 0.25) is 0 Å². The Kier molecular flexibility index (Phi) is 5.40. The van der Waals surface area contributed by atoms with E-state index in [1.54, 1.807) is 57.2 Å². The fourth-order valence-corrected chi connectivity index (χ4v) is 2.49. The largest absolute Gasteiger partial charge is 0.591 e. The van der Waals surface area contributed by atoms with Crippen molar-refractivity contribution in [1.29, 1.82) is 0 Å². The van der Waals surface area contributed by atoms with E-state index in [9.17, 15) is 17.7 Å². The molecule has 2 aromatic rings. The number of hydrogen-bond donors (Lipinski definition) is 0. The van der Waals surface area contributed by atoms with E-state index >= 15 is 0 Å². The van der Waals surface area contributed by atoms with E-state index in [1.807, 2.05) is 0 Å². The third kappa shape index (κ3) is 4.85. The van der Waals surface area contributed by atoms with Gasteiger partial charge < -0.3 is 4.55 Å². The highest BCUT2D eigenvalue weighted by atomic mass is 32.2. The third-order valence-electron chi connectivity index (χ3n) is 3.21. The monoisotopic (exact) mass is 353 g/mol. The molecule has 2 rings (SSSR count). The van der Waals surface area contributed by atoms with E-state index in [-0.39, 0.29) is 5.56 Å². The maximum Gasteiger partial charge on any atom is 0.416 e. The van der Waals surface area contributed by atoms with Crippen LogP contribution in [0, 0.1) is 0 Å². The summed E-state index contributed by atoms with van der Waals surface area (Å²) < 4.78 is 54.7. The molecule has 6 heteroatoms. The van der Waals surface area contributed by atoms with Crippen LogP contribution < -0.4 is 0 Å². The Morgan fingerprint density at radius 3 is 2.12 bits per heavy atom. The summed E-state index contributed by atoms with van der Waals surface area (Å²) in [5.41, 5.74) is 0.622. The summed E-state index contributed by atoms with van der Waals surface area (Å²) >= 11 is -1.53. The van der Waals surface area contributed by atoms with Gasteiger partial charge in [0.15, 0.2) is 0 Å². The van der Waals surface area contributed by atoms with E-state index in [0.29, 0.717) is 11.1 Å². The first-order chi connectivity index (χ1) is 11.1. The summed E-state index contributed by atoms with van der Waals surface area (Å²) in [6, 6.07) is 12.5. The zero-order chi connectivity index (χ0) is 18.0. The minimum Gasteiger partial charge on any atom is -0.591 e. The number of benzene rings is 2. The molecular weight excluding hydrogens is 335 g/mol. The van der Waals surface area contributed by atoms with Gasteiger partial charge in [0.2, 0.25) is 0 Å². The summed E-state index contributed by atoms with van der Waals surface area (Å²) in [4.78, 5) is 0. The second-order valence-electron chi connectivity index (χ2n) is 6.30. The van der Waals surface area contributed by atoms with Gasteiger partial charge in [0.25, 0.3) is 0 Å².